The number of aromatic nitrogens is 3. The number of carbonyl (C=O) groups excluding carboxylic acids is 2. The number of nitrogens with zero attached hydrogens (tertiary/aromatic N) is 5. The van der Waals surface area contributed by atoms with Gasteiger partial charge in [0.1, 0.15) is 17.4 Å². The lowest BCUT2D eigenvalue weighted by Gasteiger charge is -2.39. The summed E-state index contributed by atoms with van der Waals surface area (Å²) in [5.74, 6) is 1.13. The Morgan fingerprint density at radius 1 is 1.17 bits per heavy atom. The summed E-state index contributed by atoms with van der Waals surface area (Å²) in [4.78, 5) is 41.5. The van der Waals surface area contributed by atoms with Crippen LogP contribution in [-0.4, -0.2) is 57.3 Å². The Morgan fingerprint density at radius 2 is 1.89 bits per heavy atom. The number of aryl methyl sites for hydroxylation is 1. The van der Waals surface area contributed by atoms with E-state index in [4.69, 9.17) is 0 Å². The fourth-order valence-electron chi connectivity index (χ4n) is 5.32. The largest absolute Gasteiger partial charge is 0.433 e. The van der Waals surface area contributed by atoms with Gasteiger partial charge in [0.15, 0.2) is 5.82 Å². The third-order valence-electron chi connectivity index (χ3n) is 7.14. The lowest BCUT2D eigenvalue weighted by atomic mass is 9.80. The van der Waals surface area contributed by atoms with Crippen LogP contribution in [0.2, 0.25) is 0 Å². The average Bonchev–Trinajstić information content (AvgIpc) is 3.07. The molecule has 2 aliphatic heterocycles. The van der Waals surface area contributed by atoms with Gasteiger partial charge in [-0.05, 0) is 43.7 Å². The highest BCUT2D eigenvalue weighted by Gasteiger charge is 2.39. The number of amides is 2. The Morgan fingerprint density at radius 3 is 2.56 bits per heavy atom. The fourth-order valence-corrected chi connectivity index (χ4v) is 5.32. The SMILES string of the molecule is Cc1nc(NC2CC(CN3Cc4nc(C(F)(F)F)ccc4C3=O)C2)nc2c1NC(=O)C(C(C)C)N2C. The Hall–Kier alpha value is -3.44. The Balaban J connectivity index is 1.20. The highest BCUT2D eigenvalue weighted by molar-refractivity contribution is 6.03. The molecule has 2 amide bonds. The van der Waals surface area contributed by atoms with Crippen LogP contribution in [0.25, 0.3) is 0 Å². The molecule has 5 rings (SSSR count). The number of anilines is 3. The number of hydrogen-bond donors (Lipinski definition) is 2. The van der Waals surface area contributed by atoms with Crippen molar-refractivity contribution in [3.63, 3.8) is 0 Å². The quantitative estimate of drug-likeness (QED) is 0.644. The van der Waals surface area contributed by atoms with Crippen LogP contribution in [0.5, 0.6) is 0 Å². The normalized spacial score (nSPS) is 23.4. The summed E-state index contributed by atoms with van der Waals surface area (Å²) in [5.41, 5.74) is 0.732. The van der Waals surface area contributed by atoms with Crippen LogP contribution in [0.4, 0.5) is 30.6 Å². The van der Waals surface area contributed by atoms with Crippen molar-refractivity contribution in [2.24, 2.45) is 11.8 Å². The summed E-state index contributed by atoms with van der Waals surface area (Å²) in [7, 11) is 1.86. The molecule has 2 N–H and O–H groups in total. The van der Waals surface area contributed by atoms with Crippen LogP contribution in [0, 0.1) is 18.8 Å². The summed E-state index contributed by atoms with van der Waals surface area (Å²) in [6.07, 6.45) is -2.98. The molecule has 1 unspecified atom stereocenters. The van der Waals surface area contributed by atoms with Crippen molar-refractivity contribution < 1.29 is 22.8 Å². The molecule has 192 valence electrons. The smallest absolute Gasteiger partial charge is 0.351 e. The second kappa shape index (κ2) is 8.59. The van der Waals surface area contributed by atoms with Gasteiger partial charge >= 0.3 is 6.18 Å². The molecule has 3 aliphatic rings. The van der Waals surface area contributed by atoms with Gasteiger partial charge in [-0.2, -0.15) is 18.2 Å². The van der Waals surface area contributed by atoms with Crippen molar-refractivity contribution in [2.75, 3.05) is 29.1 Å². The third kappa shape index (κ3) is 4.22. The zero-order valence-electron chi connectivity index (χ0n) is 20.5. The predicted octanol–water partition coefficient (Wildman–Crippen LogP) is 3.46. The number of rotatable bonds is 5. The van der Waals surface area contributed by atoms with Crippen LogP contribution in [0.3, 0.4) is 0 Å². The highest BCUT2D eigenvalue weighted by Crippen LogP contribution is 2.37. The van der Waals surface area contributed by atoms with Gasteiger partial charge in [0.05, 0.1) is 23.5 Å². The molecule has 0 aromatic carbocycles. The maximum absolute atomic E-state index is 13.0. The molecular formula is C24H28F3N7O2. The van der Waals surface area contributed by atoms with Crippen LogP contribution in [0.1, 0.15) is 54.1 Å². The molecule has 1 saturated carbocycles. The molecule has 4 heterocycles. The van der Waals surface area contributed by atoms with Crippen LogP contribution >= 0.6 is 0 Å². The Bertz CT molecular complexity index is 1230. The van der Waals surface area contributed by atoms with E-state index < -0.39 is 11.9 Å². The van der Waals surface area contributed by atoms with E-state index >= 15 is 0 Å². The average molecular weight is 504 g/mol. The zero-order valence-corrected chi connectivity index (χ0v) is 20.5. The monoisotopic (exact) mass is 503 g/mol. The van der Waals surface area contributed by atoms with Crippen LogP contribution in [-0.2, 0) is 17.5 Å². The topological polar surface area (TPSA) is 103 Å². The van der Waals surface area contributed by atoms with Crippen molar-refractivity contribution in [1.82, 2.24) is 19.9 Å². The molecule has 2 aromatic heterocycles. The lowest BCUT2D eigenvalue weighted by Crippen LogP contribution is -2.50. The van der Waals surface area contributed by atoms with Gasteiger partial charge in [-0.15, -0.1) is 0 Å². The number of likely N-dealkylation sites (N-methyl/N-ethyl adjacent to an activating group) is 1. The van der Waals surface area contributed by atoms with Crippen molar-refractivity contribution in [1.29, 1.82) is 0 Å². The number of carbonyl (C=O) groups is 2. The number of hydrogen-bond acceptors (Lipinski definition) is 7. The van der Waals surface area contributed by atoms with E-state index in [1.165, 1.54) is 6.07 Å². The molecule has 9 nitrogen and oxygen atoms in total. The van der Waals surface area contributed by atoms with Gasteiger partial charge < -0.3 is 20.4 Å². The number of halogens is 3. The first-order valence-corrected chi connectivity index (χ1v) is 12.0. The lowest BCUT2D eigenvalue weighted by molar-refractivity contribution is -0.141. The van der Waals surface area contributed by atoms with E-state index in [0.29, 0.717) is 29.7 Å². The van der Waals surface area contributed by atoms with Crippen molar-refractivity contribution in [3.8, 4) is 0 Å². The van der Waals surface area contributed by atoms with Crippen LogP contribution < -0.4 is 15.5 Å². The van der Waals surface area contributed by atoms with Gasteiger partial charge in [0.25, 0.3) is 5.91 Å². The molecule has 2 aromatic rings. The van der Waals surface area contributed by atoms with Crippen LogP contribution in [0.15, 0.2) is 12.1 Å². The number of fused-ring (bicyclic) bond motifs is 2. The van der Waals surface area contributed by atoms with Crippen molar-refractivity contribution in [3.05, 3.63) is 34.8 Å². The van der Waals surface area contributed by atoms with Crippen molar-refractivity contribution in [2.45, 2.75) is 58.4 Å². The zero-order chi connectivity index (χ0) is 25.9. The number of pyridine rings is 1. The van der Waals surface area contributed by atoms with E-state index in [1.54, 1.807) is 4.90 Å². The Kier molecular flexibility index (Phi) is 5.79. The molecule has 1 atom stereocenters. The van der Waals surface area contributed by atoms with Gasteiger partial charge in [-0.3, -0.25) is 9.59 Å². The number of nitrogens with one attached hydrogen (secondary N) is 2. The van der Waals surface area contributed by atoms with Gasteiger partial charge in [0, 0.05) is 19.6 Å². The standard InChI is InChI=1S/C24H28F3N7O2/c1-11(2)19-21(35)31-18-12(3)28-23(32-20(18)33(19)4)29-14-7-13(8-14)9-34-10-16-15(22(34)36)5-6-17(30-16)24(25,26)27/h5-6,11,13-14,19H,7-10H2,1-4H3,(H,31,35)(H,28,29,32). The summed E-state index contributed by atoms with van der Waals surface area (Å²) < 4.78 is 38.9. The summed E-state index contributed by atoms with van der Waals surface area (Å²) in [5, 5.41) is 6.28. The molecule has 1 fully saturated rings. The summed E-state index contributed by atoms with van der Waals surface area (Å²) in [6, 6.07) is 1.87. The predicted molar refractivity (Wildman–Crippen MR) is 127 cm³/mol. The van der Waals surface area contributed by atoms with Gasteiger partial charge in [0.2, 0.25) is 11.9 Å². The maximum Gasteiger partial charge on any atom is 0.433 e. The first-order valence-electron chi connectivity index (χ1n) is 12.0. The maximum atomic E-state index is 13.0. The van der Waals surface area contributed by atoms with E-state index in [9.17, 15) is 22.8 Å². The molecule has 36 heavy (non-hydrogen) atoms. The van der Waals surface area contributed by atoms with Crippen molar-refractivity contribution >= 4 is 29.3 Å². The third-order valence-corrected chi connectivity index (χ3v) is 7.14. The minimum Gasteiger partial charge on any atom is -0.351 e. The first-order chi connectivity index (χ1) is 16.9. The molecular weight excluding hydrogens is 475 g/mol. The highest BCUT2D eigenvalue weighted by atomic mass is 19.4. The molecule has 1 aliphatic carbocycles. The molecule has 0 saturated heterocycles. The first kappa shape index (κ1) is 24.3. The summed E-state index contributed by atoms with van der Waals surface area (Å²) >= 11 is 0. The van der Waals surface area contributed by atoms with Gasteiger partial charge in [-0.1, -0.05) is 13.8 Å². The van der Waals surface area contributed by atoms with E-state index in [1.807, 2.05) is 32.7 Å². The number of alkyl halides is 3. The second-order valence-electron chi connectivity index (χ2n) is 10.2. The van der Waals surface area contributed by atoms with E-state index in [0.717, 1.165) is 18.9 Å². The summed E-state index contributed by atoms with van der Waals surface area (Å²) in [6.45, 7) is 6.36. The van der Waals surface area contributed by atoms with Gasteiger partial charge in [-0.25, -0.2) is 9.97 Å². The molecule has 0 bridgehead atoms. The minimum atomic E-state index is -4.54. The molecule has 12 heteroatoms. The Labute approximate surface area is 206 Å². The molecule has 0 radical (unpaired) electrons. The second-order valence-corrected chi connectivity index (χ2v) is 10.2. The van der Waals surface area contributed by atoms with E-state index in [-0.39, 0.29) is 53.5 Å². The van der Waals surface area contributed by atoms with E-state index in [2.05, 4.69) is 25.6 Å². The fraction of sp³-hybridized carbons (Fsp3) is 0.542. The molecule has 0 spiro atoms. The minimum absolute atomic E-state index is 0.0716.